The highest BCUT2D eigenvalue weighted by atomic mass is 35.5. The van der Waals surface area contributed by atoms with Gasteiger partial charge in [-0.1, -0.05) is 23.7 Å². The molecule has 0 saturated carbocycles. The van der Waals surface area contributed by atoms with Crippen molar-refractivity contribution in [2.75, 3.05) is 0 Å². The maximum atomic E-state index is 13.5. The number of rotatable bonds is 3. The molecule has 0 fully saturated rings. The molecule has 1 aliphatic heterocycles. The number of hydrogen-bond acceptors (Lipinski definition) is 3. The van der Waals surface area contributed by atoms with Gasteiger partial charge in [0.05, 0.1) is 0 Å². The average Bonchev–Trinajstić information content (AvgIpc) is 2.91. The van der Waals surface area contributed by atoms with Crippen LogP contribution < -0.4 is 4.74 Å². The summed E-state index contributed by atoms with van der Waals surface area (Å²) < 4.78 is 37.0. The second-order valence-corrected chi connectivity index (χ2v) is 5.32. The van der Waals surface area contributed by atoms with Crippen LogP contribution in [0.3, 0.4) is 0 Å². The molecule has 114 valence electrons. The van der Waals surface area contributed by atoms with Crippen molar-refractivity contribution in [2.45, 2.75) is 19.1 Å². The number of hydrogen-bond donors (Lipinski definition) is 0. The summed E-state index contributed by atoms with van der Waals surface area (Å²) in [4.78, 5) is 12.0. The summed E-state index contributed by atoms with van der Waals surface area (Å²) in [6, 6.07) is 8.77. The fraction of sp³-hybridized carbons (Fsp3) is 0.188. The van der Waals surface area contributed by atoms with Gasteiger partial charge in [-0.3, -0.25) is 0 Å². The van der Waals surface area contributed by atoms with Crippen molar-refractivity contribution in [3.63, 3.8) is 0 Å². The Kier molecular flexibility index (Phi) is 3.98. The summed E-state index contributed by atoms with van der Waals surface area (Å²) in [5.74, 6) is -2.05. The molecular formula is C16H11ClF2O3. The van der Waals surface area contributed by atoms with Crippen molar-refractivity contribution in [1.29, 1.82) is 0 Å². The van der Waals surface area contributed by atoms with Crippen LogP contribution in [0.1, 0.15) is 11.1 Å². The molecule has 0 radical (unpaired) electrons. The number of halogens is 3. The Labute approximate surface area is 130 Å². The summed E-state index contributed by atoms with van der Waals surface area (Å²) in [5, 5.41) is 0.554. The third-order valence-electron chi connectivity index (χ3n) is 3.36. The molecule has 2 aromatic rings. The van der Waals surface area contributed by atoms with Gasteiger partial charge in [-0.15, -0.1) is 0 Å². The summed E-state index contributed by atoms with van der Waals surface area (Å²) in [6.45, 7) is -0.348. The Morgan fingerprint density at radius 3 is 2.95 bits per heavy atom. The Morgan fingerprint density at radius 1 is 1.32 bits per heavy atom. The lowest BCUT2D eigenvalue weighted by Crippen LogP contribution is -2.27. The Bertz CT molecular complexity index is 733. The normalized spacial score (nSPS) is 16.0. The largest absolute Gasteiger partial charge is 0.478 e. The predicted molar refractivity (Wildman–Crippen MR) is 75.7 cm³/mol. The highest BCUT2D eigenvalue weighted by molar-refractivity contribution is 6.30. The van der Waals surface area contributed by atoms with Gasteiger partial charge < -0.3 is 9.47 Å². The van der Waals surface area contributed by atoms with Gasteiger partial charge in [-0.05, 0) is 29.8 Å². The molecule has 0 spiro atoms. The lowest BCUT2D eigenvalue weighted by atomic mass is 10.1. The van der Waals surface area contributed by atoms with Crippen LogP contribution in [0.15, 0.2) is 36.4 Å². The fourth-order valence-corrected chi connectivity index (χ4v) is 2.45. The summed E-state index contributed by atoms with van der Waals surface area (Å²) in [5.41, 5.74) is 0.790. The van der Waals surface area contributed by atoms with E-state index in [-0.39, 0.29) is 12.2 Å². The van der Waals surface area contributed by atoms with Gasteiger partial charge in [0.1, 0.15) is 12.4 Å². The third-order valence-corrected chi connectivity index (χ3v) is 3.60. The molecule has 2 aromatic carbocycles. The van der Waals surface area contributed by atoms with Crippen molar-refractivity contribution in [3.05, 3.63) is 64.2 Å². The zero-order valence-corrected chi connectivity index (χ0v) is 12.1. The fourth-order valence-electron chi connectivity index (χ4n) is 2.25. The van der Waals surface area contributed by atoms with Crippen LogP contribution in [0.4, 0.5) is 8.78 Å². The molecule has 6 heteroatoms. The van der Waals surface area contributed by atoms with Crippen LogP contribution in [0.5, 0.6) is 5.75 Å². The molecule has 3 rings (SSSR count). The van der Waals surface area contributed by atoms with Crippen molar-refractivity contribution >= 4 is 17.6 Å². The van der Waals surface area contributed by atoms with E-state index in [0.717, 1.165) is 11.6 Å². The zero-order chi connectivity index (χ0) is 15.7. The van der Waals surface area contributed by atoms with Crippen LogP contribution in [0.25, 0.3) is 0 Å². The van der Waals surface area contributed by atoms with E-state index in [1.54, 1.807) is 18.2 Å². The Morgan fingerprint density at radius 2 is 2.14 bits per heavy atom. The second-order valence-electron chi connectivity index (χ2n) is 4.88. The highest BCUT2D eigenvalue weighted by Crippen LogP contribution is 2.31. The maximum absolute atomic E-state index is 13.5. The van der Waals surface area contributed by atoms with Gasteiger partial charge in [0.15, 0.2) is 17.7 Å². The molecule has 1 atom stereocenters. The van der Waals surface area contributed by atoms with Gasteiger partial charge in [0, 0.05) is 17.0 Å². The molecule has 0 bridgehead atoms. The summed E-state index contributed by atoms with van der Waals surface area (Å²) in [6.07, 6.45) is -0.467. The molecule has 3 nitrogen and oxygen atoms in total. The molecule has 22 heavy (non-hydrogen) atoms. The average molecular weight is 325 g/mol. The van der Waals surface area contributed by atoms with Gasteiger partial charge in [0.2, 0.25) is 0 Å². The third kappa shape index (κ3) is 2.90. The quantitative estimate of drug-likeness (QED) is 0.808. The van der Waals surface area contributed by atoms with E-state index in [1.807, 2.05) is 0 Å². The van der Waals surface area contributed by atoms with Gasteiger partial charge >= 0.3 is 5.97 Å². The lowest BCUT2D eigenvalue weighted by Gasteiger charge is -2.11. The minimum Gasteiger partial charge on any atom is -0.478 e. The molecule has 0 aliphatic carbocycles. The second kappa shape index (κ2) is 5.93. The van der Waals surface area contributed by atoms with E-state index in [9.17, 15) is 13.6 Å². The molecular weight excluding hydrogens is 314 g/mol. The highest BCUT2D eigenvalue weighted by Gasteiger charge is 2.30. The standard InChI is InChI=1S/C16H11ClF2O3/c17-11-4-5-13-10(6-11)7-14(22-13)16(20)21-8-9-2-1-3-12(18)15(9)19/h1-6,14H,7-8H2. The molecule has 0 aromatic heterocycles. The van der Waals surface area contributed by atoms with E-state index in [4.69, 9.17) is 21.1 Å². The molecule has 0 N–H and O–H groups in total. The van der Waals surface area contributed by atoms with Crippen LogP contribution >= 0.6 is 11.6 Å². The molecule has 1 heterocycles. The number of ether oxygens (including phenoxy) is 2. The van der Waals surface area contributed by atoms with Crippen molar-refractivity contribution in [1.82, 2.24) is 0 Å². The van der Waals surface area contributed by atoms with Crippen molar-refractivity contribution < 1.29 is 23.0 Å². The zero-order valence-electron chi connectivity index (χ0n) is 11.3. The topological polar surface area (TPSA) is 35.5 Å². The molecule has 1 aliphatic rings. The molecule has 0 saturated heterocycles. The van der Waals surface area contributed by atoms with E-state index in [1.165, 1.54) is 12.1 Å². The van der Waals surface area contributed by atoms with E-state index >= 15 is 0 Å². The van der Waals surface area contributed by atoms with E-state index in [2.05, 4.69) is 0 Å². The monoisotopic (exact) mass is 324 g/mol. The van der Waals surface area contributed by atoms with E-state index in [0.29, 0.717) is 17.2 Å². The van der Waals surface area contributed by atoms with Crippen LogP contribution in [-0.4, -0.2) is 12.1 Å². The van der Waals surface area contributed by atoms with Gasteiger partial charge in [-0.2, -0.15) is 0 Å². The first-order valence-electron chi connectivity index (χ1n) is 6.59. The smallest absolute Gasteiger partial charge is 0.348 e. The number of esters is 1. The molecule has 0 amide bonds. The van der Waals surface area contributed by atoms with Crippen molar-refractivity contribution in [3.8, 4) is 5.75 Å². The van der Waals surface area contributed by atoms with E-state index < -0.39 is 23.7 Å². The first-order chi connectivity index (χ1) is 10.5. The maximum Gasteiger partial charge on any atom is 0.348 e. The summed E-state index contributed by atoms with van der Waals surface area (Å²) in [7, 11) is 0. The van der Waals surface area contributed by atoms with Gasteiger partial charge in [-0.25, -0.2) is 13.6 Å². The van der Waals surface area contributed by atoms with Crippen molar-refractivity contribution in [2.24, 2.45) is 0 Å². The molecule has 1 unspecified atom stereocenters. The number of fused-ring (bicyclic) bond motifs is 1. The number of carbonyl (C=O) groups is 1. The first kappa shape index (κ1) is 14.8. The number of carbonyl (C=O) groups excluding carboxylic acids is 1. The van der Waals surface area contributed by atoms with Crippen LogP contribution in [0.2, 0.25) is 5.02 Å². The summed E-state index contributed by atoms with van der Waals surface area (Å²) >= 11 is 5.88. The van der Waals surface area contributed by atoms with Crippen LogP contribution in [0, 0.1) is 11.6 Å². The minimum absolute atomic E-state index is 0.0214. The van der Waals surface area contributed by atoms with Crippen LogP contribution in [-0.2, 0) is 22.6 Å². The Hall–Kier alpha value is -2.14. The minimum atomic E-state index is -1.02. The lowest BCUT2D eigenvalue weighted by molar-refractivity contribution is -0.152. The SMILES string of the molecule is O=C(OCc1cccc(F)c1F)C1Cc2cc(Cl)ccc2O1. The van der Waals surface area contributed by atoms with Gasteiger partial charge in [0.25, 0.3) is 0 Å². The predicted octanol–water partition coefficient (Wildman–Crippen LogP) is 3.67. The number of benzene rings is 2. The Balaban J connectivity index is 1.63. The first-order valence-corrected chi connectivity index (χ1v) is 6.97.